The van der Waals surface area contributed by atoms with Crippen LogP contribution in [-0.2, 0) is 28.6 Å². The van der Waals surface area contributed by atoms with E-state index in [1.165, 1.54) is 70.3 Å². The Kier molecular flexibility index (Phi) is 37.2. The van der Waals surface area contributed by atoms with E-state index in [1.807, 2.05) is 0 Å². The van der Waals surface area contributed by atoms with Crippen molar-refractivity contribution in [1.29, 1.82) is 0 Å². The van der Waals surface area contributed by atoms with Gasteiger partial charge in [0.2, 0.25) is 0 Å². The van der Waals surface area contributed by atoms with Crippen LogP contribution < -0.4 is 15.3 Å². The molecule has 0 atom stereocenters. The first-order valence-electron chi connectivity index (χ1n) is 12.7. The quantitative estimate of drug-likeness (QED) is 0.104. The number of carbonyl (C=O) groups excluding carboxylic acids is 3. The van der Waals surface area contributed by atoms with Crippen molar-refractivity contribution >= 4 is 28.2 Å². The number of hydrogen-bond donors (Lipinski definition) is 0. The summed E-state index contributed by atoms with van der Waals surface area (Å²) in [6, 6.07) is 1.18. The fraction of sp³-hybridized carbons (Fsp3) is 0.667. The first-order valence-corrected chi connectivity index (χ1v) is 13.4. The molecule has 0 aromatic carbocycles. The third kappa shape index (κ3) is 40.7. The second-order valence-electron chi connectivity index (χ2n) is 7.36. The Hall–Kier alpha value is -2.75. The summed E-state index contributed by atoms with van der Waals surface area (Å²) in [6.45, 7) is 17.4. The zero-order valence-corrected chi connectivity index (χ0v) is 24.2. The van der Waals surface area contributed by atoms with Crippen molar-refractivity contribution in [2.75, 3.05) is 19.8 Å². The Morgan fingerprint density at radius 3 is 0.946 bits per heavy atom. The van der Waals surface area contributed by atoms with Gasteiger partial charge >= 0.3 is 87.4 Å². The average molecular weight is 543 g/mol. The topological polar surface area (TPSA) is 148 Å². The second kappa shape index (κ2) is 33.2. The fourth-order valence-corrected chi connectivity index (χ4v) is 2.56. The molecule has 0 heterocycles. The molecule has 0 fully saturated rings. The SMILES string of the molecule is C=C(OCC)C(=O)[O-].C=C(OCC)C(=O)[O-].C=C(OCC)C(=O)[O-].CCCCCCCCCCCC[Si+3]. The molecule has 0 radical (unpaired) electrons. The van der Waals surface area contributed by atoms with Crippen molar-refractivity contribution in [3.63, 3.8) is 0 Å². The van der Waals surface area contributed by atoms with Crippen LogP contribution in [0.25, 0.3) is 0 Å². The van der Waals surface area contributed by atoms with E-state index in [1.54, 1.807) is 20.8 Å². The van der Waals surface area contributed by atoms with E-state index in [0.717, 1.165) is 0 Å². The van der Waals surface area contributed by atoms with Gasteiger partial charge in [-0.1, -0.05) is 19.7 Å². The number of unbranched alkanes of at least 4 members (excludes halogenated alkanes) is 9. The second-order valence-corrected chi connectivity index (χ2v) is 7.86. The Labute approximate surface area is 227 Å². The van der Waals surface area contributed by atoms with Crippen LogP contribution in [0.2, 0.25) is 6.04 Å². The van der Waals surface area contributed by atoms with Crippen molar-refractivity contribution in [2.24, 2.45) is 0 Å². The molecule has 0 saturated carbocycles. The summed E-state index contributed by atoms with van der Waals surface area (Å²) in [4.78, 5) is 29.3. The number of carboxylic acid groups (broad SMARTS) is 3. The predicted molar refractivity (Wildman–Crippen MR) is 140 cm³/mol. The minimum atomic E-state index is -1.35. The Balaban J connectivity index is -0.000000202. The van der Waals surface area contributed by atoms with Crippen LogP contribution in [0.5, 0.6) is 0 Å². The van der Waals surface area contributed by atoms with Crippen molar-refractivity contribution < 1.29 is 43.9 Å². The number of aliphatic carboxylic acids is 3. The summed E-state index contributed by atoms with van der Waals surface area (Å²) >= 11 is 0. The van der Waals surface area contributed by atoms with Gasteiger partial charge in [-0.15, -0.1) is 0 Å². The van der Waals surface area contributed by atoms with E-state index < -0.39 is 17.9 Å². The summed E-state index contributed by atoms with van der Waals surface area (Å²) in [5.74, 6) is -5.00. The van der Waals surface area contributed by atoms with Gasteiger partial charge in [-0.2, -0.15) is 0 Å². The molecule has 37 heavy (non-hydrogen) atoms. The monoisotopic (exact) mass is 542 g/mol. The van der Waals surface area contributed by atoms with Crippen molar-refractivity contribution in [1.82, 2.24) is 0 Å². The summed E-state index contributed by atoms with van der Waals surface area (Å²) < 4.78 is 13.3. The molecule has 0 N–H and O–H groups in total. The molecule has 0 aromatic heterocycles. The van der Waals surface area contributed by atoms with Crippen LogP contribution in [0.3, 0.4) is 0 Å². The number of ether oxygens (including phenoxy) is 3. The average Bonchev–Trinajstić information content (AvgIpc) is 2.84. The van der Waals surface area contributed by atoms with E-state index in [4.69, 9.17) is 0 Å². The number of carboxylic acids is 3. The Morgan fingerprint density at radius 2 is 0.784 bits per heavy atom. The maximum absolute atomic E-state index is 9.75. The molecule has 0 aliphatic carbocycles. The number of rotatable bonds is 19. The molecule has 0 aliphatic heterocycles. The summed E-state index contributed by atoms with van der Waals surface area (Å²) in [5, 5.41) is 29.3. The van der Waals surface area contributed by atoms with Crippen LogP contribution in [0, 0.1) is 0 Å². The van der Waals surface area contributed by atoms with E-state index in [2.05, 4.69) is 51.1 Å². The van der Waals surface area contributed by atoms with E-state index >= 15 is 0 Å². The molecule has 212 valence electrons. The third-order valence-corrected chi connectivity index (χ3v) is 4.52. The first-order chi connectivity index (χ1) is 17.5. The van der Waals surface area contributed by atoms with Crippen molar-refractivity contribution in [3.8, 4) is 0 Å². The van der Waals surface area contributed by atoms with Gasteiger partial charge in [0.05, 0.1) is 19.8 Å². The van der Waals surface area contributed by atoms with Gasteiger partial charge < -0.3 is 43.9 Å². The molecule has 10 heteroatoms. The van der Waals surface area contributed by atoms with Gasteiger partial charge in [0.15, 0.2) is 0 Å². The van der Waals surface area contributed by atoms with Gasteiger partial charge in [0, 0.05) is 0 Å². The predicted octanol–water partition coefficient (Wildman–Crippen LogP) is 2.35. The van der Waals surface area contributed by atoms with Crippen LogP contribution in [-0.4, -0.2) is 48.0 Å². The molecule has 0 bridgehead atoms. The molecule has 0 aromatic rings. The van der Waals surface area contributed by atoms with Gasteiger partial charge in [-0.05, 0) is 20.8 Å². The van der Waals surface area contributed by atoms with Gasteiger partial charge in [-0.3, -0.25) is 0 Å². The molecular weight excluding hydrogens is 496 g/mol. The van der Waals surface area contributed by atoms with Crippen LogP contribution >= 0.6 is 0 Å². The fourth-order valence-electron chi connectivity index (χ4n) is 2.31. The standard InChI is InChI=1S/C12H25Si.3C5H8O3/c1-2-3-4-5-6-7-8-9-10-11-12-13;3*1-3-8-4(2)5(6)7/h2-12H2,1H3;3*2-3H2,1H3,(H,6,7)/q+3;;;/p-3. The van der Waals surface area contributed by atoms with Gasteiger partial charge in [-0.25, -0.2) is 0 Å². The molecule has 0 unspecified atom stereocenters. The first kappa shape index (κ1) is 41.4. The third-order valence-electron chi connectivity index (χ3n) is 4.17. The number of carbonyl (C=O) groups is 3. The summed E-state index contributed by atoms with van der Waals surface area (Å²) in [6.07, 6.45) is 14.3. The van der Waals surface area contributed by atoms with E-state index in [9.17, 15) is 29.7 Å². The Bertz CT molecular complexity index is 542. The molecule has 0 spiro atoms. The van der Waals surface area contributed by atoms with Gasteiger partial charge in [0.1, 0.15) is 35.2 Å². The van der Waals surface area contributed by atoms with Crippen LogP contribution in [0.4, 0.5) is 0 Å². The maximum atomic E-state index is 9.75. The van der Waals surface area contributed by atoms with Gasteiger partial charge in [0.25, 0.3) is 0 Å². The van der Waals surface area contributed by atoms with Crippen LogP contribution in [0.15, 0.2) is 37.0 Å². The Morgan fingerprint density at radius 1 is 0.541 bits per heavy atom. The summed E-state index contributed by atoms with van der Waals surface area (Å²) in [5.41, 5.74) is 0. The molecular formula is C27H46O9Si. The van der Waals surface area contributed by atoms with E-state index in [-0.39, 0.29) is 17.3 Å². The molecule has 9 nitrogen and oxygen atoms in total. The minimum absolute atomic E-state index is 0.312. The number of hydrogen-bond acceptors (Lipinski definition) is 9. The van der Waals surface area contributed by atoms with Crippen molar-refractivity contribution in [2.45, 2.75) is 97.9 Å². The summed E-state index contributed by atoms with van der Waals surface area (Å²) in [7, 11) is 3.50. The zero-order chi connectivity index (χ0) is 29.5. The van der Waals surface area contributed by atoms with E-state index in [0.29, 0.717) is 19.8 Å². The molecule has 0 amide bonds. The van der Waals surface area contributed by atoms with Crippen molar-refractivity contribution in [3.05, 3.63) is 37.0 Å². The van der Waals surface area contributed by atoms with Crippen LogP contribution in [0.1, 0.15) is 91.9 Å². The molecule has 0 rings (SSSR count). The molecule has 0 saturated heterocycles. The normalized spacial score (nSPS) is 9.03. The zero-order valence-electron chi connectivity index (χ0n) is 23.2. The molecule has 0 aliphatic rings.